The van der Waals surface area contributed by atoms with Crippen LogP contribution in [0.4, 0.5) is 0 Å². The lowest BCUT2D eigenvalue weighted by molar-refractivity contribution is -0.122. The highest BCUT2D eigenvalue weighted by molar-refractivity contribution is 6.74. The van der Waals surface area contributed by atoms with E-state index in [9.17, 15) is 4.79 Å². The van der Waals surface area contributed by atoms with Crippen LogP contribution < -0.4 is 0 Å². The average molecular weight is 270 g/mol. The van der Waals surface area contributed by atoms with E-state index in [1.54, 1.807) is 6.92 Å². The number of rotatable bonds is 3. The van der Waals surface area contributed by atoms with Crippen molar-refractivity contribution in [3.8, 4) is 0 Å². The minimum absolute atomic E-state index is 0.138. The van der Waals surface area contributed by atoms with Crippen LogP contribution >= 0.6 is 0 Å². The van der Waals surface area contributed by atoms with Gasteiger partial charge in [0.2, 0.25) is 0 Å². The average Bonchev–Trinajstić information content (AvgIpc) is 2.93. The largest absolute Gasteiger partial charge is 0.411 e. The van der Waals surface area contributed by atoms with Crippen molar-refractivity contribution in [2.75, 3.05) is 0 Å². The lowest BCUT2D eigenvalue weighted by Gasteiger charge is -2.40. The first kappa shape index (κ1) is 14.2. The highest BCUT2D eigenvalue weighted by Crippen LogP contribution is 2.45. The Morgan fingerprint density at radius 3 is 2.39 bits per heavy atom. The van der Waals surface area contributed by atoms with Crippen molar-refractivity contribution in [3.63, 3.8) is 0 Å². The number of Topliss-reactive ketones (excluding diaryl/α,β-unsaturated/α-hetero) is 1. The summed E-state index contributed by atoms with van der Waals surface area (Å²) < 4.78 is 12.1. The molecule has 0 spiro atoms. The predicted molar refractivity (Wildman–Crippen MR) is 74.1 cm³/mol. The van der Waals surface area contributed by atoms with Crippen LogP contribution in [0.5, 0.6) is 0 Å². The van der Waals surface area contributed by atoms with Gasteiger partial charge in [-0.05, 0) is 37.9 Å². The van der Waals surface area contributed by atoms with Gasteiger partial charge in [0.25, 0.3) is 0 Å². The minimum atomic E-state index is -1.76. The van der Waals surface area contributed by atoms with E-state index in [0.717, 1.165) is 12.8 Å². The van der Waals surface area contributed by atoms with E-state index >= 15 is 0 Å². The molecule has 1 saturated carbocycles. The van der Waals surface area contributed by atoms with Crippen LogP contribution in [0.1, 0.15) is 40.5 Å². The third-order valence-corrected chi connectivity index (χ3v) is 9.35. The van der Waals surface area contributed by atoms with Crippen molar-refractivity contribution in [3.05, 3.63) is 0 Å². The topological polar surface area (TPSA) is 38.8 Å². The maximum Gasteiger partial charge on any atom is 0.192 e. The lowest BCUT2D eigenvalue weighted by Crippen LogP contribution is -2.47. The zero-order valence-electron chi connectivity index (χ0n) is 12.4. The van der Waals surface area contributed by atoms with E-state index in [4.69, 9.17) is 9.16 Å². The molecule has 0 amide bonds. The van der Waals surface area contributed by atoms with Crippen molar-refractivity contribution in [2.24, 2.45) is 5.92 Å². The van der Waals surface area contributed by atoms with Gasteiger partial charge in [-0.2, -0.15) is 0 Å². The second-order valence-electron chi connectivity index (χ2n) is 7.33. The normalized spacial score (nSPS) is 36.1. The second-order valence-corrected chi connectivity index (χ2v) is 12.1. The molecular weight excluding hydrogens is 244 g/mol. The first-order valence-electron chi connectivity index (χ1n) is 6.95. The molecule has 1 aliphatic heterocycles. The van der Waals surface area contributed by atoms with E-state index in [-0.39, 0.29) is 35.1 Å². The molecule has 1 heterocycles. The van der Waals surface area contributed by atoms with Crippen LogP contribution in [0.2, 0.25) is 18.1 Å². The fraction of sp³-hybridized carbons (Fsp3) is 0.929. The third-order valence-electron chi connectivity index (χ3n) is 4.85. The molecule has 4 heteroatoms. The van der Waals surface area contributed by atoms with Gasteiger partial charge in [-0.3, -0.25) is 4.79 Å². The van der Waals surface area contributed by atoms with Crippen molar-refractivity contribution in [2.45, 2.75) is 77.0 Å². The Balaban J connectivity index is 2.03. The fourth-order valence-corrected chi connectivity index (χ4v) is 3.81. The summed E-state index contributed by atoms with van der Waals surface area (Å²) in [6.45, 7) is 13.0. The summed E-state index contributed by atoms with van der Waals surface area (Å²) in [5.74, 6) is 0.427. The smallest absolute Gasteiger partial charge is 0.192 e. The second kappa shape index (κ2) is 4.42. The molecule has 3 nitrogen and oxygen atoms in total. The van der Waals surface area contributed by atoms with Crippen molar-refractivity contribution >= 4 is 14.1 Å². The van der Waals surface area contributed by atoms with Gasteiger partial charge < -0.3 is 9.16 Å². The molecular formula is C14H26O3Si. The Hall–Kier alpha value is -0.193. The number of hydrogen-bond donors (Lipinski definition) is 0. The van der Waals surface area contributed by atoms with Crippen LogP contribution in [-0.4, -0.2) is 32.4 Å². The molecule has 0 radical (unpaired) electrons. The number of fused-ring (bicyclic) bond motifs is 1. The minimum Gasteiger partial charge on any atom is -0.411 e. The van der Waals surface area contributed by atoms with Gasteiger partial charge in [-0.1, -0.05) is 20.8 Å². The molecule has 1 aliphatic carbocycles. The van der Waals surface area contributed by atoms with Gasteiger partial charge in [-0.15, -0.1) is 0 Å². The Kier molecular flexibility index (Phi) is 3.50. The highest BCUT2D eigenvalue weighted by atomic mass is 28.4. The molecule has 0 unspecified atom stereocenters. The Bertz CT molecular complexity index is 345. The Labute approximate surface area is 111 Å². The maximum atomic E-state index is 11.6. The summed E-state index contributed by atoms with van der Waals surface area (Å²) in [5, 5.41) is 0.209. The SMILES string of the molecule is CC(=O)[C@@H]1C[C@@H]2O[C@@H]2[C@H](O[Si](C)(C)C(C)(C)C)C1. The zero-order chi connectivity index (χ0) is 13.7. The van der Waals surface area contributed by atoms with Crippen LogP contribution in [0.15, 0.2) is 0 Å². The summed E-state index contributed by atoms with van der Waals surface area (Å²) in [6.07, 6.45) is 2.43. The van der Waals surface area contributed by atoms with Gasteiger partial charge in [0.05, 0.1) is 12.2 Å². The van der Waals surface area contributed by atoms with E-state index in [1.165, 1.54) is 0 Å². The number of ketones is 1. The van der Waals surface area contributed by atoms with E-state index in [0.29, 0.717) is 0 Å². The van der Waals surface area contributed by atoms with E-state index in [1.807, 2.05) is 0 Å². The number of carbonyl (C=O) groups is 1. The van der Waals surface area contributed by atoms with Crippen LogP contribution in [0, 0.1) is 5.92 Å². The predicted octanol–water partition coefficient (Wildman–Crippen LogP) is 3.14. The van der Waals surface area contributed by atoms with Crippen molar-refractivity contribution in [1.82, 2.24) is 0 Å². The standard InChI is InChI=1S/C14H26O3Si/c1-9(15)10-7-11-13(16-11)12(8-10)17-18(5,6)14(2,3)4/h10-13H,7-8H2,1-6H3/t10-,11+,12-,13+/m1/s1. The molecule has 0 aromatic heterocycles. The van der Waals surface area contributed by atoms with Crippen molar-refractivity contribution in [1.29, 1.82) is 0 Å². The molecule has 0 N–H and O–H groups in total. The number of carbonyl (C=O) groups excluding carboxylic acids is 1. The summed E-state index contributed by atoms with van der Waals surface area (Å²) in [5.41, 5.74) is 0. The Morgan fingerprint density at radius 2 is 1.89 bits per heavy atom. The molecule has 2 rings (SSSR count). The molecule has 18 heavy (non-hydrogen) atoms. The molecule has 2 aliphatic rings. The number of hydrogen-bond acceptors (Lipinski definition) is 3. The molecule has 0 aromatic rings. The molecule has 0 bridgehead atoms. The summed E-state index contributed by atoms with van der Waals surface area (Å²) in [7, 11) is -1.76. The first-order valence-corrected chi connectivity index (χ1v) is 9.86. The van der Waals surface area contributed by atoms with Crippen LogP contribution in [0.3, 0.4) is 0 Å². The zero-order valence-corrected chi connectivity index (χ0v) is 13.4. The van der Waals surface area contributed by atoms with E-state index < -0.39 is 8.32 Å². The number of epoxide rings is 1. The quantitative estimate of drug-likeness (QED) is 0.584. The maximum absolute atomic E-state index is 11.6. The summed E-state index contributed by atoms with van der Waals surface area (Å²) >= 11 is 0. The van der Waals surface area contributed by atoms with Crippen molar-refractivity contribution < 1.29 is 14.0 Å². The van der Waals surface area contributed by atoms with E-state index in [2.05, 4.69) is 33.9 Å². The first-order chi connectivity index (χ1) is 8.12. The number of ether oxygens (including phenoxy) is 1. The molecule has 2 fully saturated rings. The van der Waals surface area contributed by atoms with Gasteiger partial charge in [0, 0.05) is 5.92 Å². The molecule has 104 valence electrons. The monoisotopic (exact) mass is 270 g/mol. The molecule has 4 atom stereocenters. The third kappa shape index (κ3) is 2.70. The lowest BCUT2D eigenvalue weighted by atomic mass is 9.85. The van der Waals surface area contributed by atoms with Crippen LogP contribution in [-0.2, 0) is 14.0 Å². The van der Waals surface area contributed by atoms with Gasteiger partial charge in [0.1, 0.15) is 11.9 Å². The van der Waals surface area contributed by atoms with Gasteiger partial charge in [-0.25, -0.2) is 0 Å². The Morgan fingerprint density at radius 1 is 1.28 bits per heavy atom. The summed E-state index contributed by atoms with van der Waals surface area (Å²) in [6, 6.07) is 0. The molecule has 0 aromatic carbocycles. The summed E-state index contributed by atoms with van der Waals surface area (Å²) in [4.78, 5) is 11.6. The fourth-order valence-electron chi connectivity index (χ4n) is 2.47. The highest BCUT2D eigenvalue weighted by Gasteiger charge is 2.54. The van der Waals surface area contributed by atoms with Gasteiger partial charge >= 0.3 is 0 Å². The van der Waals surface area contributed by atoms with Crippen LogP contribution in [0.25, 0.3) is 0 Å². The van der Waals surface area contributed by atoms with Gasteiger partial charge in [0.15, 0.2) is 8.32 Å². The molecule has 1 saturated heterocycles.